The van der Waals surface area contributed by atoms with Gasteiger partial charge in [0.2, 0.25) is 0 Å². The fourth-order valence-electron chi connectivity index (χ4n) is 1.78. The van der Waals surface area contributed by atoms with Crippen LogP contribution < -0.4 is 4.90 Å². The summed E-state index contributed by atoms with van der Waals surface area (Å²) in [6, 6.07) is 11.2. The van der Waals surface area contributed by atoms with Crippen LogP contribution in [-0.2, 0) is 0 Å². The first-order chi connectivity index (χ1) is 10.1. The van der Waals surface area contributed by atoms with Gasteiger partial charge in [0.1, 0.15) is 29.4 Å². The van der Waals surface area contributed by atoms with E-state index in [0.29, 0.717) is 0 Å². The highest BCUT2D eigenvalue weighted by atomic mass is 15.2. The SMILES string of the molecule is CN=C(C)N(C(C)=NC)c1ccc(C=C(C#N)C#N)cc1. The number of rotatable bonds is 2. The number of aliphatic imine (C=N–C) groups is 2. The van der Waals surface area contributed by atoms with Gasteiger partial charge >= 0.3 is 0 Å². The molecule has 21 heavy (non-hydrogen) atoms. The van der Waals surface area contributed by atoms with E-state index in [1.807, 2.05) is 55.2 Å². The lowest BCUT2D eigenvalue weighted by Crippen LogP contribution is -2.33. The predicted molar refractivity (Wildman–Crippen MR) is 86.2 cm³/mol. The summed E-state index contributed by atoms with van der Waals surface area (Å²) in [5.41, 5.74) is 1.81. The second-order valence-corrected chi connectivity index (χ2v) is 4.25. The summed E-state index contributed by atoms with van der Waals surface area (Å²) in [5.74, 6) is 1.66. The summed E-state index contributed by atoms with van der Waals surface area (Å²) in [4.78, 5) is 10.3. The zero-order valence-corrected chi connectivity index (χ0v) is 12.6. The molecule has 106 valence electrons. The summed E-state index contributed by atoms with van der Waals surface area (Å²) < 4.78 is 0. The molecule has 1 aromatic rings. The molecule has 0 aliphatic rings. The second-order valence-electron chi connectivity index (χ2n) is 4.25. The number of anilines is 1. The minimum absolute atomic E-state index is 0.0807. The maximum atomic E-state index is 8.76. The number of amidine groups is 2. The quantitative estimate of drug-likeness (QED) is 0.474. The molecule has 5 nitrogen and oxygen atoms in total. The van der Waals surface area contributed by atoms with Crippen molar-refractivity contribution in [3.8, 4) is 12.1 Å². The number of nitriles is 2. The summed E-state index contributed by atoms with van der Waals surface area (Å²) >= 11 is 0. The molecule has 0 aliphatic heterocycles. The van der Waals surface area contributed by atoms with Gasteiger partial charge in [-0.2, -0.15) is 10.5 Å². The molecule has 0 aliphatic carbocycles. The van der Waals surface area contributed by atoms with Crippen molar-refractivity contribution in [1.29, 1.82) is 10.5 Å². The second kappa shape index (κ2) is 7.62. The van der Waals surface area contributed by atoms with E-state index >= 15 is 0 Å². The molecule has 1 aromatic carbocycles. The summed E-state index contributed by atoms with van der Waals surface area (Å²) in [6.45, 7) is 3.82. The average Bonchev–Trinajstić information content (AvgIpc) is 2.53. The van der Waals surface area contributed by atoms with E-state index in [-0.39, 0.29) is 5.57 Å². The number of hydrogen-bond acceptors (Lipinski definition) is 4. The standard InChI is InChI=1S/C16H17N5/c1-12(19-3)21(13(2)20-4)16-7-5-14(6-8-16)9-15(10-17)11-18/h5-9H,1-4H3. The largest absolute Gasteiger partial charge is 0.287 e. The maximum Gasteiger partial charge on any atom is 0.130 e. The lowest BCUT2D eigenvalue weighted by atomic mass is 10.1. The lowest BCUT2D eigenvalue weighted by molar-refractivity contribution is 1.27. The normalized spacial score (nSPS) is 11.3. The van der Waals surface area contributed by atoms with E-state index in [0.717, 1.165) is 22.9 Å². The van der Waals surface area contributed by atoms with Gasteiger partial charge in [-0.15, -0.1) is 0 Å². The Labute approximate surface area is 125 Å². The van der Waals surface area contributed by atoms with E-state index in [2.05, 4.69) is 9.98 Å². The van der Waals surface area contributed by atoms with Crippen molar-refractivity contribution >= 4 is 23.4 Å². The lowest BCUT2D eigenvalue weighted by Gasteiger charge is -2.23. The first-order valence-electron chi connectivity index (χ1n) is 6.36. The molecule has 0 spiro atoms. The number of nitrogens with zero attached hydrogens (tertiary/aromatic N) is 5. The third kappa shape index (κ3) is 4.02. The molecule has 1 rings (SSSR count). The van der Waals surface area contributed by atoms with Crippen LogP contribution in [0.2, 0.25) is 0 Å². The van der Waals surface area contributed by atoms with Gasteiger partial charge < -0.3 is 0 Å². The zero-order valence-electron chi connectivity index (χ0n) is 12.6. The van der Waals surface area contributed by atoms with Crippen LogP contribution in [0.5, 0.6) is 0 Å². The van der Waals surface area contributed by atoms with Crippen molar-refractivity contribution in [2.75, 3.05) is 19.0 Å². The van der Waals surface area contributed by atoms with Crippen LogP contribution in [0.3, 0.4) is 0 Å². The third-order valence-electron chi connectivity index (χ3n) is 3.00. The van der Waals surface area contributed by atoms with Crippen molar-refractivity contribution in [2.24, 2.45) is 9.98 Å². The van der Waals surface area contributed by atoms with Gasteiger partial charge in [0.05, 0.1) is 0 Å². The van der Waals surface area contributed by atoms with Crippen LogP contribution in [0.15, 0.2) is 39.8 Å². The highest BCUT2D eigenvalue weighted by Gasteiger charge is 2.12. The molecule has 0 heterocycles. The van der Waals surface area contributed by atoms with Gasteiger partial charge in [-0.25, -0.2) is 0 Å². The fourth-order valence-corrected chi connectivity index (χ4v) is 1.78. The molecule has 0 bridgehead atoms. The van der Waals surface area contributed by atoms with Gasteiger partial charge in [-0.05, 0) is 37.6 Å². The van der Waals surface area contributed by atoms with Crippen LogP contribution >= 0.6 is 0 Å². The topological polar surface area (TPSA) is 75.5 Å². The van der Waals surface area contributed by atoms with Crippen LogP contribution in [-0.4, -0.2) is 25.8 Å². The van der Waals surface area contributed by atoms with Crippen molar-refractivity contribution in [2.45, 2.75) is 13.8 Å². The van der Waals surface area contributed by atoms with Gasteiger partial charge in [0, 0.05) is 19.8 Å². The monoisotopic (exact) mass is 279 g/mol. The minimum atomic E-state index is 0.0807. The smallest absolute Gasteiger partial charge is 0.130 e. The Bertz CT molecular complexity index is 632. The minimum Gasteiger partial charge on any atom is -0.287 e. The molecule has 0 saturated carbocycles. The molecule has 0 saturated heterocycles. The Kier molecular flexibility index (Phi) is 5.85. The van der Waals surface area contributed by atoms with Crippen molar-refractivity contribution < 1.29 is 0 Å². The Hall–Kier alpha value is -2.92. The van der Waals surface area contributed by atoms with Gasteiger partial charge in [0.25, 0.3) is 0 Å². The molecule has 0 N–H and O–H groups in total. The third-order valence-corrected chi connectivity index (χ3v) is 3.00. The molecule has 5 heteroatoms. The van der Waals surface area contributed by atoms with E-state index in [1.165, 1.54) is 0 Å². The van der Waals surface area contributed by atoms with Crippen LogP contribution in [0.25, 0.3) is 6.08 Å². The van der Waals surface area contributed by atoms with Gasteiger partial charge in [-0.3, -0.25) is 14.9 Å². The van der Waals surface area contributed by atoms with Crippen molar-refractivity contribution in [3.63, 3.8) is 0 Å². The van der Waals surface area contributed by atoms with Gasteiger partial charge in [0.15, 0.2) is 0 Å². The average molecular weight is 279 g/mol. The van der Waals surface area contributed by atoms with Crippen LogP contribution in [0, 0.1) is 22.7 Å². The van der Waals surface area contributed by atoms with E-state index in [4.69, 9.17) is 10.5 Å². The highest BCUT2D eigenvalue weighted by Crippen LogP contribution is 2.18. The maximum absolute atomic E-state index is 8.76. The molecule has 0 unspecified atom stereocenters. The fraction of sp³-hybridized carbons (Fsp3) is 0.250. The number of hydrogen-bond donors (Lipinski definition) is 0. The van der Waals surface area contributed by atoms with Gasteiger partial charge in [-0.1, -0.05) is 12.1 Å². The molecule has 0 atom stereocenters. The number of allylic oxidation sites excluding steroid dienone is 1. The first kappa shape index (κ1) is 16.1. The Morgan fingerprint density at radius 1 is 1.00 bits per heavy atom. The summed E-state index contributed by atoms with van der Waals surface area (Å²) in [5, 5.41) is 17.5. The first-order valence-corrected chi connectivity index (χ1v) is 6.36. The molecular weight excluding hydrogens is 262 g/mol. The highest BCUT2D eigenvalue weighted by molar-refractivity contribution is 6.17. The van der Waals surface area contributed by atoms with Crippen molar-refractivity contribution in [3.05, 3.63) is 35.4 Å². The molecule has 0 amide bonds. The number of benzene rings is 1. The zero-order chi connectivity index (χ0) is 15.8. The van der Waals surface area contributed by atoms with E-state index < -0.39 is 0 Å². The summed E-state index contributed by atoms with van der Waals surface area (Å²) in [6.07, 6.45) is 1.55. The van der Waals surface area contributed by atoms with E-state index in [1.54, 1.807) is 20.2 Å². The molecular formula is C16H17N5. The Morgan fingerprint density at radius 3 is 1.86 bits per heavy atom. The Morgan fingerprint density at radius 2 is 1.48 bits per heavy atom. The molecule has 0 aromatic heterocycles. The predicted octanol–water partition coefficient (Wildman–Crippen LogP) is 3.02. The van der Waals surface area contributed by atoms with Crippen LogP contribution in [0.1, 0.15) is 19.4 Å². The molecule has 0 fully saturated rings. The molecule has 0 radical (unpaired) electrons. The Balaban J connectivity index is 3.20. The van der Waals surface area contributed by atoms with Crippen molar-refractivity contribution in [1.82, 2.24) is 0 Å². The van der Waals surface area contributed by atoms with Crippen LogP contribution in [0.4, 0.5) is 5.69 Å². The summed E-state index contributed by atoms with van der Waals surface area (Å²) in [7, 11) is 3.46. The van der Waals surface area contributed by atoms with E-state index in [9.17, 15) is 0 Å².